The number of fused-ring (bicyclic) bond motifs is 1. The normalized spacial score (nSPS) is 10.4. The second-order valence-electron chi connectivity index (χ2n) is 3.17. The Morgan fingerprint density at radius 2 is 1.80 bits per heavy atom. The molecule has 0 saturated carbocycles. The molecule has 4 nitrogen and oxygen atoms in total. The zero-order valence-electron chi connectivity index (χ0n) is 7.64. The molecule has 15 heavy (non-hydrogen) atoms. The van der Waals surface area contributed by atoms with Crippen LogP contribution in [0.4, 0.5) is 0 Å². The number of phenolic OH excluding ortho intramolecular Hbond substituents is 1. The van der Waals surface area contributed by atoms with E-state index in [0.717, 1.165) is 0 Å². The van der Waals surface area contributed by atoms with Crippen LogP contribution < -0.4 is 0 Å². The van der Waals surface area contributed by atoms with Crippen LogP contribution in [-0.2, 0) is 0 Å². The van der Waals surface area contributed by atoms with Crippen LogP contribution in [0, 0.1) is 0 Å². The summed E-state index contributed by atoms with van der Waals surface area (Å²) in [6.07, 6.45) is 0. The molecule has 0 bridgehead atoms. The van der Waals surface area contributed by atoms with E-state index in [-0.39, 0.29) is 17.1 Å². The molecule has 2 aromatic carbocycles. The largest absolute Gasteiger partial charge is 0.508 e. The van der Waals surface area contributed by atoms with Gasteiger partial charge in [0.25, 0.3) is 0 Å². The van der Waals surface area contributed by atoms with E-state index in [1.54, 1.807) is 6.07 Å². The summed E-state index contributed by atoms with van der Waals surface area (Å²) < 4.78 is 0. The number of aromatic carboxylic acids is 1. The Kier molecular flexibility index (Phi) is 1.97. The second-order valence-corrected chi connectivity index (χ2v) is 3.17. The minimum Gasteiger partial charge on any atom is -0.508 e. The van der Waals surface area contributed by atoms with Gasteiger partial charge in [0, 0.05) is 5.39 Å². The van der Waals surface area contributed by atoms with Gasteiger partial charge in [-0.05, 0) is 29.7 Å². The fourth-order valence-electron chi connectivity index (χ4n) is 1.53. The Morgan fingerprint density at radius 1 is 1.07 bits per heavy atom. The number of benzene rings is 2. The summed E-state index contributed by atoms with van der Waals surface area (Å²) in [6.45, 7) is 0. The van der Waals surface area contributed by atoms with Gasteiger partial charge in [0.05, 0.1) is 0 Å². The highest BCUT2D eigenvalue weighted by Gasteiger charge is 2.13. The number of hydrogen-bond acceptors (Lipinski definition) is 3. The second kappa shape index (κ2) is 3.16. The van der Waals surface area contributed by atoms with E-state index in [2.05, 4.69) is 0 Å². The van der Waals surface area contributed by atoms with Gasteiger partial charge in [-0.1, -0.05) is 6.07 Å². The molecule has 0 aliphatic rings. The van der Waals surface area contributed by atoms with Crippen LogP contribution in [0.25, 0.3) is 10.8 Å². The lowest BCUT2D eigenvalue weighted by molar-refractivity contribution is 0.0696. The molecule has 4 heteroatoms. The topological polar surface area (TPSA) is 77.8 Å². The minimum absolute atomic E-state index is 0.0597. The van der Waals surface area contributed by atoms with Crippen molar-refractivity contribution in [2.75, 3.05) is 0 Å². The average Bonchev–Trinajstić information content (AvgIpc) is 2.17. The molecule has 0 aliphatic carbocycles. The van der Waals surface area contributed by atoms with Crippen LogP contribution in [0.3, 0.4) is 0 Å². The first kappa shape index (κ1) is 9.33. The third kappa shape index (κ3) is 1.46. The first-order valence-corrected chi connectivity index (χ1v) is 4.27. The Morgan fingerprint density at radius 3 is 2.47 bits per heavy atom. The van der Waals surface area contributed by atoms with Crippen molar-refractivity contribution in [3.63, 3.8) is 0 Å². The monoisotopic (exact) mass is 204 g/mol. The summed E-state index contributed by atoms with van der Waals surface area (Å²) in [4.78, 5) is 10.9. The lowest BCUT2D eigenvalue weighted by Crippen LogP contribution is -1.97. The van der Waals surface area contributed by atoms with Gasteiger partial charge in [-0.2, -0.15) is 0 Å². The van der Waals surface area contributed by atoms with Crippen LogP contribution in [0.5, 0.6) is 11.5 Å². The molecule has 0 aromatic heterocycles. The first-order chi connectivity index (χ1) is 7.09. The third-order valence-corrected chi connectivity index (χ3v) is 2.20. The molecule has 0 radical (unpaired) electrons. The number of aromatic hydroxyl groups is 2. The predicted molar refractivity (Wildman–Crippen MR) is 54.2 cm³/mol. The van der Waals surface area contributed by atoms with Crippen molar-refractivity contribution in [3.05, 3.63) is 35.9 Å². The van der Waals surface area contributed by atoms with Gasteiger partial charge in [0.15, 0.2) is 0 Å². The predicted octanol–water partition coefficient (Wildman–Crippen LogP) is 1.95. The Bertz CT molecular complexity index is 546. The maximum Gasteiger partial charge on any atom is 0.340 e. The average molecular weight is 204 g/mol. The van der Waals surface area contributed by atoms with E-state index in [0.29, 0.717) is 10.8 Å². The molecule has 2 rings (SSSR count). The van der Waals surface area contributed by atoms with Gasteiger partial charge in [-0.15, -0.1) is 0 Å². The van der Waals surface area contributed by atoms with Gasteiger partial charge < -0.3 is 15.3 Å². The molecular formula is C11H8O4. The Hall–Kier alpha value is -2.23. The molecule has 0 spiro atoms. The smallest absolute Gasteiger partial charge is 0.340 e. The van der Waals surface area contributed by atoms with E-state index in [1.807, 2.05) is 0 Å². The molecule has 0 saturated heterocycles. The molecule has 0 amide bonds. The Balaban J connectivity index is 2.88. The Labute approximate surface area is 85.0 Å². The zero-order chi connectivity index (χ0) is 11.0. The van der Waals surface area contributed by atoms with Crippen molar-refractivity contribution in [1.82, 2.24) is 0 Å². The highest BCUT2D eigenvalue weighted by Crippen LogP contribution is 2.29. The van der Waals surface area contributed by atoms with Crippen LogP contribution in [-0.4, -0.2) is 21.3 Å². The van der Waals surface area contributed by atoms with Gasteiger partial charge in [-0.3, -0.25) is 0 Å². The van der Waals surface area contributed by atoms with Crippen molar-refractivity contribution in [3.8, 4) is 11.5 Å². The van der Waals surface area contributed by atoms with Gasteiger partial charge >= 0.3 is 5.97 Å². The summed E-state index contributed by atoms with van der Waals surface area (Å²) in [5.41, 5.74) is -0.146. The fourth-order valence-corrected chi connectivity index (χ4v) is 1.53. The van der Waals surface area contributed by atoms with E-state index >= 15 is 0 Å². The van der Waals surface area contributed by atoms with Gasteiger partial charge in [0.2, 0.25) is 0 Å². The molecule has 76 valence electrons. The van der Waals surface area contributed by atoms with E-state index in [4.69, 9.17) is 5.11 Å². The number of carbonyl (C=O) groups is 1. The van der Waals surface area contributed by atoms with Crippen LogP contribution in [0.1, 0.15) is 10.4 Å². The maximum absolute atomic E-state index is 10.9. The molecule has 0 unspecified atom stereocenters. The van der Waals surface area contributed by atoms with Crippen LogP contribution in [0.15, 0.2) is 30.3 Å². The highest BCUT2D eigenvalue weighted by atomic mass is 16.4. The number of rotatable bonds is 1. The highest BCUT2D eigenvalue weighted by molar-refractivity contribution is 6.06. The standard InChI is InChI=1S/C11H8O4/c12-7-2-3-8-6(5-7)1-4-9(13)10(8)11(14)15/h1-5,12-13H,(H,14,15). The molecule has 0 aliphatic heterocycles. The lowest BCUT2D eigenvalue weighted by atomic mass is 10.0. The first-order valence-electron chi connectivity index (χ1n) is 4.27. The number of hydrogen-bond donors (Lipinski definition) is 3. The summed E-state index contributed by atoms with van der Waals surface area (Å²) in [7, 11) is 0. The summed E-state index contributed by atoms with van der Waals surface area (Å²) in [5, 5.41) is 28.5. The van der Waals surface area contributed by atoms with Gasteiger partial charge in [-0.25, -0.2) is 4.79 Å². The maximum atomic E-state index is 10.9. The van der Waals surface area contributed by atoms with Crippen molar-refractivity contribution in [2.45, 2.75) is 0 Å². The molecule has 2 aromatic rings. The molecule has 3 N–H and O–H groups in total. The van der Waals surface area contributed by atoms with E-state index < -0.39 is 5.97 Å². The number of carboxylic acids is 1. The summed E-state index contributed by atoms with van der Waals surface area (Å²) in [6, 6.07) is 7.14. The SMILES string of the molecule is O=C(O)c1c(O)ccc2cc(O)ccc12. The van der Waals surface area contributed by atoms with E-state index in [9.17, 15) is 15.0 Å². The van der Waals surface area contributed by atoms with Crippen LogP contribution >= 0.6 is 0 Å². The van der Waals surface area contributed by atoms with Crippen molar-refractivity contribution in [1.29, 1.82) is 0 Å². The van der Waals surface area contributed by atoms with Crippen molar-refractivity contribution in [2.24, 2.45) is 0 Å². The lowest BCUT2D eigenvalue weighted by Gasteiger charge is -2.05. The van der Waals surface area contributed by atoms with Crippen LogP contribution in [0.2, 0.25) is 0 Å². The van der Waals surface area contributed by atoms with Gasteiger partial charge in [0.1, 0.15) is 17.1 Å². The fraction of sp³-hybridized carbons (Fsp3) is 0. The number of phenols is 2. The summed E-state index contributed by atoms with van der Waals surface area (Å²) >= 11 is 0. The van der Waals surface area contributed by atoms with Crippen molar-refractivity contribution < 1.29 is 20.1 Å². The molecular weight excluding hydrogens is 196 g/mol. The number of carboxylic acid groups (broad SMARTS) is 1. The molecule has 0 heterocycles. The zero-order valence-corrected chi connectivity index (χ0v) is 7.64. The minimum atomic E-state index is -1.19. The third-order valence-electron chi connectivity index (χ3n) is 2.20. The van der Waals surface area contributed by atoms with Crippen molar-refractivity contribution >= 4 is 16.7 Å². The van der Waals surface area contributed by atoms with E-state index in [1.165, 1.54) is 24.3 Å². The molecule has 0 atom stereocenters. The summed E-state index contributed by atoms with van der Waals surface area (Å²) in [5.74, 6) is -1.41. The quantitative estimate of drug-likeness (QED) is 0.663. The molecule has 0 fully saturated rings.